The molecule has 5 nitrogen and oxygen atoms in total. The minimum Gasteiger partial charge on any atom is -0.477 e. The predicted octanol–water partition coefficient (Wildman–Crippen LogP) is 2.13. The van der Waals surface area contributed by atoms with E-state index in [2.05, 4.69) is 17.2 Å². The number of hydrogen-bond acceptors (Lipinski definition) is 4. The minimum absolute atomic E-state index is 0.0160. The third-order valence-corrected chi connectivity index (χ3v) is 3.92. The number of rotatable bonds is 4. The summed E-state index contributed by atoms with van der Waals surface area (Å²) in [6, 6.07) is 3.25. The Morgan fingerprint density at radius 2 is 2.21 bits per heavy atom. The molecule has 0 unspecified atom stereocenters. The number of pyridine rings is 1. The number of nitrogens with one attached hydrogen (secondary N) is 1. The maximum absolute atomic E-state index is 10.9. The van der Waals surface area contributed by atoms with Crippen molar-refractivity contribution in [3.63, 3.8) is 0 Å². The number of carboxylic acid groups (broad SMARTS) is 1. The van der Waals surface area contributed by atoms with Crippen molar-refractivity contribution in [2.45, 2.75) is 38.1 Å². The van der Waals surface area contributed by atoms with E-state index in [1.165, 1.54) is 12.3 Å². The van der Waals surface area contributed by atoms with Crippen LogP contribution in [0.1, 0.15) is 43.1 Å². The average Bonchev–Trinajstić information content (AvgIpc) is 2.42. The fourth-order valence-electron chi connectivity index (χ4n) is 2.57. The molecule has 1 heterocycles. The van der Waals surface area contributed by atoms with Gasteiger partial charge in [-0.05, 0) is 43.7 Å². The molecule has 1 saturated carbocycles. The van der Waals surface area contributed by atoms with Gasteiger partial charge in [0.25, 0.3) is 0 Å². The van der Waals surface area contributed by atoms with Gasteiger partial charge in [0.15, 0.2) is 0 Å². The second-order valence-electron chi connectivity index (χ2n) is 5.48. The molecule has 0 amide bonds. The molecule has 0 radical (unpaired) electrons. The molecule has 104 valence electrons. The maximum Gasteiger partial charge on any atom is 0.354 e. The van der Waals surface area contributed by atoms with Crippen LogP contribution >= 0.6 is 0 Å². The van der Waals surface area contributed by atoms with Crippen LogP contribution in [0.25, 0.3) is 0 Å². The molecule has 0 aromatic carbocycles. The third kappa shape index (κ3) is 3.23. The number of hydrogen-bond donors (Lipinski definition) is 3. The fourth-order valence-corrected chi connectivity index (χ4v) is 2.57. The summed E-state index contributed by atoms with van der Waals surface area (Å²) >= 11 is 0. The molecule has 0 atom stereocenters. The molecule has 1 aliphatic rings. The van der Waals surface area contributed by atoms with Crippen molar-refractivity contribution in [3.8, 4) is 0 Å². The quantitative estimate of drug-likeness (QED) is 0.776. The van der Waals surface area contributed by atoms with Crippen molar-refractivity contribution in [2.75, 3.05) is 11.9 Å². The maximum atomic E-state index is 10.9. The summed E-state index contributed by atoms with van der Waals surface area (Å²) < 4.78 is 0. The highest BCUT2D eigenvalue weighted by molar-refractivity contribution is 5.86. The van der Waals surface area contributed by atoms with Gasteiger partial charge in [-0.25, -0.2) is 9.78 Å². The zero-order valence-corrected chi connectivity index (χ0v) is 11.1. The van der Waals surface area contributed by atoms with Gasteiger partial charge in [0.1, 0.15) is 5.69 Å². The van der Waals surface area contributed by atoms with Gasteiger partial charge in [-0.15, -0.1) is 0 Å². The first kappa shape index (κ1) is 13.8. The van der Waals surface area contributed by atoms with Crippen molar-refractivity contribution in [1.82, 2.24) is 4.98 Å². The summed E-state index contributed by atoms with van der Waals surface area (Å²) in [6.45, 7) is 2.28. The lowest BCUT2D eigenvalue weighted by molar-refractivity contribution is 0.0690. The van der Waals surface area contributed by atoms with E-state index in [0.29, 0.717) is 11.6 Å². The smallest absolute Gasteiger partial charge is 0.354 e. The molecule has 1 aliphatic carbocycles. The highest BCUT2D eigenvalue weighted by atomic mass is 16.4. The molecule has 3 N–H and O–H groups in total. The van der Waals surface area contributed by atoms with Crippen molar-refractivity contribution in [2.24, 2.45) is 5.92 Å². The number of aromatic nitrogens is 1. The number of aliphatic hydroxyl groups is 1. The van der Waals surface area contributed by atoms with Crippen LogP contribution in [0, 0.1) is 5.92 Å². The molecule has 5 heteroatoms. The van der Waals surface area contributed by atoms with Gasteiger partial charge >= 0.3 is 5.97 Å². The molecular weight excluding hydrogens is 244 g/mol. The predicted molar refractivity (Wildman–Crippen MR) is 72.3 cm³/mol. The Hall–Kier alpha value is -1.62. The number of nitrogens with zero attached hydrogens (tertiary/aromatic N) is 1. The van der Waals surface area contributed by atoms with E-state index >= 15 is 0 Å². The zero-order chi connectivity index (χ0) is 13.9. The van der Waals surface area contributed by atoms with E-state index in [-0.39, 0.29) is 17.8 Å². The van der Waals surface area contributed by atoms with Gasteiger partial charge in [-0.1, -0.05) is 6.92 Å². The molecule has 2 rings (SSSR count). The number of carbonyl (C=O) groups is 1. The summed E-state index contributed by atoms with van der Waals surface area (Å²) in [4.78, 5) is 14.7. The van der Waals surface area contributed by atoms with Crippen molar-refractivity contribution < 1.29 is 15.0 Å². The number of anilines is 1. The van der Waals surface area contributed by atoms with Gasteiger partial charge in [0, 0.05) is 11.9 Å². The largest absolute Gasteiger partial charge is 0.477 e. The second-order valence-corrected chi connectivity index (χ2v) is 5.48. The van der Waals surface area contributed by atoms with Gasteiger partial charge in [0.2, 0.25) is 0 Å². The number of aromatic carboxylic acids is 1. The van der Waals surface area contributed by atoms with Crippen LogP contribution in [0.4, 0.5) is 5.69 Å². The molecule has 0 spiro atoms. The molecular formula is C14H20N2O3. The average molecular weight is 264 g/mol. The topological polar surface area (TPSA) is 82.5 Å². The van der Waals surface area contributed by atoms with Crippen LogP contribution in [-0.4, -0.2) is 33.3 Å². The Kier molecular flexibility index (Phi) is 4.04. The zero-order valence-electron chi connectivity index (χ0n) is 11.1. The molecule has 0 aliphatic heterocycles. The number of carboxylic acids is 1. The first-order valence-corrected chi connectivity index (χ1v) is 6.63. The van der Waals surface area contributed by atoms with Gasteiger partial charge in [-0.2, -0.15) is 0 Å². The SMILES string of the molecule is CC1CCC(CO)(Nc2ccnc(C(=O)O)c2)CC1. The molecule has 1 aromatic rings. The van der Waals surface area contributed by atoms with E-state index in [0.717, 1.165) is 25.7 Å². The first-order chi connectivity index (χ1) is 9.04. The molecule has 0 bridgehead atoms. The van der Waals surface area contributed by atoms with E-state index in [4.69, 9.17) is 5.11 Å². The second kappa shape index (κ2) is 5.57. The summed E-state index contributed by atoms with van der Waals surface area (Å²) in [5, 5.41) is 21.9. The lowest BCUT2D eigenvalue weighted by atomic mass is 9.77. The Morgan fingerprint density at radius 3 is 2.79 bits per heavy atom. The minimum atomic E-state index is -1.04. The Balaban J connectivity index is 2.14. The van der Waals surface area contributed by atoms with Crippen molar-refractivity contribution in [3.05, 3.63) is 24.0 Å². The third-order valence-electron chi connectivity index (χ3n) is 3.92. The number of aliphatic hydroxyl groups excluding tert-OH is 1. The highest BCUT2D eigenvalue weighted by Crippen LogP contribution is 2.34. The highest BCUT2D eigenvalue weighted by Gasteiger charge is 2.33. The summed E-state index contributed by atoms with van der Waals surface area (Å²) in [6.07, 6.45) is 5.42. The lowest BCUT2D eigenvalue weighted by Gasteiger charge is -2.39. The van der Waals surface area contributed by atoms with Crippen LogP contribution in [0.3, 0.4) is 0 Å². The van der Waals surface area contributed by atoms with E-state index < -0.39 is 5.97 Å². The molecule has 19 heavy (non-hydrogen) atoms. The Labute approximate surface area is 112 Å². The van der Waals surface area contributed by atoms with Crippen molar-refractivity contribution in [1.29, 1.82) is 0 Å². The molecule has 1 aromatic heterocycles. The van der Waals surface area contributed by atoms with Crippen LogP contribution in [0.15, 0.2) is 18.3 Å². The summed E-state index contributed by atoms with van der Waals surface area (Å²) in [5.74, 6) is -0.354. The Bertz CT molecular complexity index is 454. The fraction of sp³-hybridized carbons (Fsp3) is 0.571. The van der Waals surface area contributed by atoms with Crippen molar-refractivity contribution >= 4 is 11.7 Å². The van der Waals surface area contributed by atoms with Gasteiger partial charge in [0.05, 0.1) is 12.1 Å². The lowest BCUT2D eigenvalue weighted by Crippen LogP contribution is -2.45. The van der Waals surface area contributed by atoms with Crippen LogP contribution in [0.2, 0.25) is 0 Å². The van der Waals surface area contributed by atoms with E-state index in [1.807, 2.05) is 0 Å². The summed E-state index contributed by atoms with van der Waals surface area (Å²) in [5.41, 5.74) is 0.391. The standard InChI is InChI=1S/C14H20N2O3/c1-10-2-5-14(9-17,6-3-10)16-11-4-7-15-12(8-11)13(18)19/h4,7-8,10,17H,2-3,5-6,9H2,1H3,(H,15,16)(H,18,19). The molecule has 1 fully saturated rings. The first-order valence-electron chi connectivity index (χ1n) is 6.63. The summed E-state index contributed by atoms with van der Waals surface area (Å²) in [7, 11) is 0. The normalized spacial score (nSPS) is 26.9. The van der Waals surface area contributed by atoms with E-state index in [9.17, 15) is 9.90 Å². The van der Waals surface area contributed by atoms with Crippen LogP contribution in [-0.2, 0) is 0 Å². The van der Waals surface area contributed by atoms with Crippen LogP contribution < -0.4 is 5.32 Å². The Morgan fingerprint density at radius 1 is 1.53 bits per heavy atom. The molecule has 0 saturated heterocycles. The van der Waals surface area contributed by atoms with E-state index in [1.54, 1.807) is 6.07 Å². The van der Waals surface area contributed by atoms with Gasteiger partial charge < -0.3 is 15.5 Å². The van der Waals surface area contributed by atoms with Crippen LogP contribution in [0.5, 0.6) is 0 Å². The van der Waals surface area contributed by atoms with Gasteiger partial charge in [-0.3, -0.25) is 0 Å². The monoisotopic (exact) mass is 264 g/mol.